The number of fused-ring (bicyclic) bond motifs is 5. The van der Waals surface area contributed by atoms with E-state index in [4.69, 9.17) is 9.47 Å². The van der Waals surface area contributed by atoms with Crippen molar-refractivity contribution in [3.8, 4) is 0 Å². The zero-order chi connectivity index (χ0) is 15.1. The molecule has 2 bridgehead atoms. The Morgan fingerprint density at radius 1 is 1.00 bits per heavy atom. The van der Waals surface area contributed by atoms with Crippen LogP contribution in [-0.4, -0.2) is 26.8 Å². The van der Waals surface area contributed by atoms with Crippen LogP contribution in [0.3, 0.4) is 0 Å². The maximum Gasteiger partial charge on any atom is 0.309 e. The molecule has 0 N–H and O–H groups in total. The Kier molecular flexibility index (Phi) is 4.31. The maximum absolute atomic E-state index is 12.3. The highest BCUT2D eigenvalue weighted by atomic mass is 16.5. The molecule has 0 aromatic rings. The quantitative estimate of drug-likeness (QED) is 0.729. The molecule has 3 nitrogen and oxygen atoms in total. The van der Waals surface area contributed by atoms with Gasteiger partial charge in [-0.2, -0.15) is 0 Å². The monoisotopic (exact) mass is 294 g/mol. The van der Waals surface area contributed by atoms with E-state index in [-0.39, 0.29) is 11.9 Å². The van der Waals surface area contributed by atoms with Crippen LogP contribution in [0.2, 0.25) is 0 Å². The molecule has 0 spiro atoms. The van der Waals surface area contributed by atoms with E-state index in [0.29, 0.717) is 17.8 Å². The predicted octanol–water partition coefficient (Wildman–Crippen LogP) is 3.38. The zero-order valence-corrected chi connectivity index (χ0v) is 13.9. The van der Waals surface area contributed by atoms with E-state index in [2.05, 4.69) is 13.8 Å². The Morgan fingerprint density at radius 2 is 1.62 bits per heavy atom. The van der Waals surface area contributed by atoms with Gasteiger partial charge in [0.25, 0.3) is 0 Å². The number of hydrogen-bond acceptors (Lipinski definition) is 3. The molecule has 3 rings (SSSR count). The van der Waals surface area contributed by atoms with Gasteiger partial charge in [0, 0.05) is 7.11 Å². The van der Waals surface area contributed by atoms with Crippen LogP contribution in [0.15, 0.2) is 0 Å². The van der Waals surface area contributed by atoms with E-state index in [1.807, 2.05) is 0 Å². The van der Waals surface area contributed by atoms with Crippen molar-refractivity contribution in [1.82, 2.24) is 0 Å². The summed E-state index contributed by atoms with van der Waals surface area (Å²) in [4.78, 5) is 12.3. The van der Waals surface area contributed by atoms with Crippen LogP contribution < -0.4 is 0 Å². The maximum atomic E-state index is 12.3. The molecule has 3 fully saturated rings. The molecule has 0 amide bonds. The molecule has 3 heteroatoms. The van der Waals surface area contributed by atoms with Gasteiger partial charge in [0.1, 0.15) is 0 Å². The lowest BCUT2D eigenvalue weighted by molar-refractivity contribution is -0.152. The van der Waals surface area contributed by atoms with E-state index in [1.165, 1.54) is 32.8 Å². The second kappa shape index (κ2) is 5.91. The lowest BCUT2D eigenvalue weighted by Gasteiger charge is -2.39. The molecule has 21 heavy (non-hydrogen) atoms. The Labute approximate surface area is 128 Å². The number of esters is 1. The molecule has 120 valence electrons. The number of carbonyl (C=O) groups excluding carboxylic acids is 1. The van der Waals surface area contributed by atoms with Crippen molar-refractivity contribution in [3.63, 3.8) is 0 Å². The summed E-state index contributed by atoms with van der Waals surface area (Å²) >= 11 is 0. The fraction of sp³-hybridized carbons (Fsp3) is 0.944. The minimum Gasteiger partial charge on any atom is -0.469 e. The van der Waals surface area contributed by atoms with Crippen molar-refractivity contribution in [3.05, 3.63) is 0 Å². The summed E-state index contributed by atoms with van der Waals surface area (Å²) in [6.45, 7) is 5.39. The molecule has 0 aromatic heterocycles. The third-order valence-corrected chi connectivity index (χ3v) is 7.03. The van der Waals surface area contributed by atoms with Gasteiger partial charge < -0.3 is 9.47 Å². The first-order valence-electron chi connectivity index (χ1n) is 8.74. The second-order valence-corrected chi connectivity index (χ2v) is 7.46. The first kappa shape index (κ1) is 15.3. The third-order valence-electron chi connectivity index (χ3n) is 7.03. The summed E-state index contributed by atoms with van der Waals surface area (Å²) in [6, 6.07) is 0. The SMILES string of the molecule is CCC1CC(CC)C2C3CC(C(COC)C3C(=O)OC)C12. The Balaban J connectivity index is 1.90. The summed E-state index contributed by atoms with van der Waals surface area (Å²) in [6.07, 6.45) is 5.17. The number of rotatable bonds is 5. The standard InChI is InChI=1S/C18H30O3/c1-5-10-7-11(6-2)16-13-8-12(15(10)16)14(9-20-3)17(13)18(19)21-4/h10-17H,5-9H2,1-4H3. The first-order chi connectivity index (χ1) is 10.2. The van der Waals surface area contributed by atoms with E-state index < -0.39 is 0 Å². The van der Waals surface area contributed by atoms with Gasteiger partial charge in [-0.1, -0.05) is 26.7 Å². The van der Waals surface area contributed by atoms with Crippen molar-refractivity contribution < 1.29 is 14.3 Å². The molecule has 8 unspecified atom stereocenters. The molecular weight excluding hydrogens is 264 g/mol. The Morgan fingerprint density at radius 3 is 2.14 bits per heavy atom. The van der Waals surface area contributed by atoms with Crippen molar-refractivity contribution in [2.24, 2.45) is 47.3 Å². The highest BCUT2D eigenvalue weighted by Crippen LogP contribution is 2.67. The van der Waals surface area contributed by atoms with Gasteiger partial charge in [-0.15, -0.1) is 0 Å². The zero-order valence-electron chi connectivity index (χ0n) is 13.9. The van der Waals surface area contributed by atoms with Crippen molar-refractivity contribution in [1.29, 1.82) is 0 Å². The van der Waals surface area contributed by atoms with Gasteiger partial charge >= 0.3 is 5.97 Å². The lowest BCUT2D eigenvalue weighted by atomic mass is 9.66. The van der Waals surface area contributed by atoms with Crippen molar-refractivity contribution in [2.75, 3.05) is 20.8 Å². The molecule has 0 aliphatic heterocycles. The molecule has 0 heterocycles. The summed E-state index contributed by atoms with van der Waals surface area (Å²) < 4.78 is 10.6. The minimum absolute atomic E-state index is 0.0119. The molecule has 8 atom stereocenters. The molecule has 0 radical (unpaired) electrons. The topological polar surface area (TPSA) is 35.5 Å². The fourth-order valence-corrected chi connectivity index (χ4v) is 6.44. The van der Waals surface area contributed by atoms with Crippen LogP contribution in [0.1, 0.15) is 39.5 Å². The lowest BCUT2D eigenvalue weighted by Crippen LogP contribution is -2.42. The van der Waals surface area contributed by atoms with E-state index in [0.717, 1.165) is 30.3 Å². The largest absolute Gasteiger partial charge is 0.469 e. The highest BCUT2D eigenvalue weighted by Gasteiger charge is 2.65. The molecule has 3 saturated carbocycles. The number of hydrogen-bond donors (Lipinski definition) is 0. The van der Waals surface area contributed by atoms with E-state index >= 15 is 0 Å². The third kappa shape index (κ3) is 2.15. The van der Waals surface area contributed by atoms with Gasteiger partial charge in [-0.3, -0.25) is 4.79 Å². The molecule has 0 aromatic carbocycles. The minimum atomic E-state index is 0.0119. The van der Waals surface area contributed by atoms with Crippen LogP contribution in [0.25, 0.3) is 0 Å². The summed E-state index contributed by atoms with van der Waals surface area (Å²) in [5, 5.41) is 0. The summed E-state index contributed by atoms with van der Waals surface area (Å²) in [7, 11) is 3.30. The molecular formula is C18H30O3. The predicted molar refractivity (Wildman–Crippen MR) is 81.6 cm³/mol. The van der Waals surface area contributed by atoms with Crippen LogP contribution in [0, 0.1) is 47.3 Å². The normalized spacial score (nSPS) is 47.6. The second-order valence-electron chi connectivity index (χ2n) is 7.46. The Hall–Kier alpha value is -0.570. The van der Waals surface area contributed by atoms with Gasteiger partial charge in [-0.05, 0) is 54.3 Å². The van der Waals surface area contributed by atoms with Crippen LogP contribution in [0.5, 0.6) is 0 Å². The van der Waals surface area contributed by atoms with Crippen LogP contribution in [-0.2, 0) is 14.3 Å². The Bertz CT molecular complexity index is 394. The fourth-order valence-electron chi connectivity index (χ4n) is 6.44. The highest BCUT2D eigenvalue weighted by molar-refractivity contribution is 5.74. The average Bonchev–Trinajstić information content (AvgIpc) is 3.14. The average molecular weight is 294 g/mol. The van der Waals surface area contributed by atoms with Crippen molar-refractivity contribution in [2.45, 2.75) is 39.5 Å². The van der Waals surface area contributed by atoms with Crippen molar-refractivity contribution >= 4 is 5.97 Å². The van der Waals surface area contributed by atoms with Gasteiger partial charge in [0.15, 0.2) is 0 Å². The number of ether oxygens (including phenoxy) is 2. The van der Waals surface area contributed by atoms with Gasteiger partial charge in [0.2, 0.25) is 0 Å². The van der Waals surface area contributed by atoms with Crippen LogP contribution in [0.4, 0.5) is 0 Å². The molecule has 3 aliphatic rings. The van der Waals surface area contributed by atoms with Gasteiger partial charge in [-0.25, -0.2) is 0 Å². The molecule has 0 saturated heterocycles. The molecule has 3 aliphatic carbocycles. The number of methoxy groups -OCH3 is 2. The first-order valence-corrected chi connectivity index (χ1v) is 8.74. The number of carbonyl (C=O) groups is 1. The smallest absolute Gasteiger partial charge is 0.309 e. The van der Waals surface area contributed by atoms with Crippen LogP contribution >= 0.6 is 0 Å². The van der Waals surface area contributed by atoms with E-state index in [1.54, 1.807) is 7.11 Å². The summed E-state index contributed by atoms with van der Waals surface area (Å²) in [5.41, 5.74) is 0. The van der Waals surface area contributed by atoms with Gasteiger partial charge in [0.05, 0.1) is 19.6 Å². The summed E-state index contributed by atoms with van der Waals surface area (Å²) in [5.74, 6) is 5.02. The van der Waals surface area contributed by atoms with E-state index in [9.17, 15) is 4.79 Å².